The van der Waals surface area contributed by atoms with Crippen molar-refractivity contribution in [3.8, 4) is 5.75 Å². The van der Waals surface area contributed by atoms with Crippen molar-refractivity contribution in [3.05, 3.63) is 29.8 Å². The van der Waals surface area contributed by atoms with Crippen LogP contribution in [-0.2, 0) is 6.54 Å². The fourth-order valence-electron chi connectivity index (χ4n) is 2.11. The Bertz CT molecular complexity index is 312. The topological polar surface area (TPSA) is 23.5 Å². The fraction of sp³-hybridized carbons (Fsp3) is 0.500. The van der Waals surface area contributed by atoms with Gasteiger partial charge in [-0.2, -0.15) is 0 Å². The number of rotatable bonds is 3. The molecule has 1 atom stereocenters. The maximum Gasteiger partial charge on any atom is 0.115 e. The molecule has 1 aromatic carbocycles. The van der Waals surface area contributed by atoms with Crippen LogP contribution in [0, 0.1) is 0 Å². The lowest BCUT2D eigenvalue weighted by molar-refractivity contribution is 0.265. The lowest BCUT2D eigenvalue weighted by Gasteiger charge is -2.22. The molecule has 0 amide bonds. The minimum atomic E-state index is 0.345. The van der Waals surface area contributed by atoms with Crippen LogP contribution in [-0.4, -0.2) is 27.9 Å². The van der Waals surface area contributed by atoms with Crippen LogP contribution in [0.1, 0.15) is 18.4 Å². The maximum absolute atomic E-state index is 9.19. The summed E-state index contributed by atoms with van der Waals surface area (Å²) in [6, 6.07) is 8.19. The van der Waals surface area contributed by atoms with E-state index in [1.54, 1.807) is 12.1 Å². The zero-order chi connectivity index (χ0) is 10.7. The third kappa shape index (κ3) is 2.73. The summed E-state index contributed by atoms with van der Waals surface area (Å²) in [5.41, 5.74) is 1.28. The summed E-state index contributed by atoms with van der Waals surface area (Å²) >= 11 is 3.56. The fourth-order valence-corrected chi connectivity index (χ4v) is 2.85. The Morgan fingerprint density at radius 2 is 2.07 bits per heavy atom. The van der Waals surface area contributed by atoms with Gasteiger partial charge in [0, 0.05) is 17.9 Å². The van der Waals surface area contributed by atoms with Gasteiger partial charge >= 0.3 is 0 Å². The number of hydrogen-bond acceptors (Lipinski definition) is 2. The van der Waals surface area contributed by atoms with Crippen LogP contribution in [0.2, 0.25) is 0 Å². The van der Waals surface area contributed by atoms with Crippen molar-refractivity contribution in [1.29, 1.82) is 0 Å². The first-order chi connectivity index (χ1) is 7.29. The van der Waals surface area contributed by atoms with Crippen LogP contribution in [0.4, 0.5) is 0 Å². The summed E-state index contributed by atoms with van der Waals surface area (Å²) in [4.78, 5) is 2.50. The molecule has 1 unspecified atom stereocenters. The van der Waals surface area contributed by atoms with E-state index in [2.05, 4.69) is 20.8 Å². The van der Waals surface area contributed by atoms with E-state index in [4.69, 9.17) is 0 Å². The van der Waals surface area contributed by atoms with Gasteiger partial charge in [0.2, 0.25) is 0 Å². The highest BCUT2D eigenvalue weighted by atomic mass is 79.9. The molecule has 1 saturated heterocycles. The summed E-state index contributed by atoms with van der Waals surface area (Å²) in [6.07, 6.45) is 2.59. The molecule has 1 N–H and O–H groups in total. The third-order valence-corrected chi connectivity index (χ3v) is 3.75. The first-order valence-corrected chi connectivity index (χ1v) is 6.49. The van der Waals surface area contributed by atoms with E-state index in [0.29, 0.717) is 11.8 Å². The Labute approximate surface area is 99.0 Å². The molecular formula is C12H16BrNO. The molecule has 0 radical (unpaired) electrons. The van der Waals surface area contributed by atoms with Crippen molar-refractivity contribution in [2.75, 3.05) is 11.9 Å². The normalized spacial score (nSPS) is 22.1. The van der Waals surface area contributed by atoms with Gasteiger partial charge in [0.15, 0.2) is 0 Å². The number of hydrogen-bond donors (Lipinski definition) is 1. The summed E-state index contributed by atoms with van der Waals surface area (Å²) < 4.78 is 0. The van der Waals surface area contributed by atoms with Gasteiger partial charge in [-0.15, -0.1) is 0 Å². The molecule has 0 aliphatic carbocycles. The van der Waals surface area contributed by atoms with Gasteiger partial charge in [0.05, 0.1) is 0 Å². The smallest absolute Gasteiger partial charge is 0.115 e. The minimum absolute atomic E-state index is 0.345. The molecule has 1 aromatic rings. The van der Waals surface area contributed by atoms with Gasteiger partial charge in [-0.1, -0.05) is 28.1 Å². The van der Waals surface area contributed by atoms with Gasteiger partial charge in [0.1, 0.15) is 5.75 Å². The first kappa shape index (κ1) is 11.0. The predicted molar refractivity (Wildman–Crippen MR) is 65.3 cm³/mol. The second-order valence-corrected chi connectivity index (χ2v) is 4.73. The molecule has 1 fully saturated rings. The van der Waals surface area contributed by atoms with E-state index < -0.39 is 0 Å². The summed E-state index contributed by atoms with van der Waals surface area (Å²) in [5.74, 6) is 0.345. The number of phenols is 1. The lowest BCUT2D eigenvalue weighted by Crippen LogP contribution is -2.29. The number of phenolic OH excluding ortho intramolecular Hbond substituents is 1. The van der Waals surface area contributed by atoms with Crippen molar-refractivity contribution in [3.63, 3.8) is 0 Å². The third-order valence-electron chi connectivity index (χ3n) is 3.00. The Hall–Kier alpha value is -0.540. The highest BCUT2D eigenvalue weighted by Crippen LogP contribution is 2.22. The van der Waals surface area contributed by atoms with Crippen LogP contribution < -0.4 is 0 Å². The molecule has 0 bridgehead atoms. The van der Waals surface area contributed by atoms with Crippen molar-refractivity contribution in [2.45, 2.75) is 25.4 Å². The lowest BCUT2D eigenvalue weighted by atomic mass is 10.2. The Balaban J connectivity index is 1.99. The molecule has 0 spiro atoms. The Morgan fingerprint density at radius 3 is 2.73 bits per heavy atom. The zero-order valence-electron chi connectivity index (χ0n) is 8.69. The molecule has 15 heavy (non-hydrogen) atoms. The molecule has 3 heteroatoms. The van der Waals surface area contributed by atoms with Crippen LogP contribution in [0.5, 0.6) is 5.75 Å². The average Bonchev–Trinajstić information content (AvgIpc) is 2.69. The second-order valence-electron chi connectivity index (χ2n) is 4.09. The molecule has 1 aliphatic heterocycles. The Kier molecular flexibility index (Phi) is 3.65. The van der Waals surface area contributed by atoms with Gasteiger partial charge in [-0.25, -0.2) is 0 Å². The summed E-state index contributed by atoms with van der Waals surface area (Å²) in [6.45, 7) is 2.19. The summed E-state index contributed by atoms with van der Waals surface area (Å²) in [7, 11) is 0. The van der Waals surface area contributed by atoms with Crippen molar-refractivity contribution in [1.82, 2.24) is 4.90 Å². The molecule has 2 nitrogen and oxygen atoms in total. The second kappa shape index (κ2) is 4.99. The first-order valence-electron chi connectivity index (χ1n) is 5.37. The Morgan fingerprint density at radius 1 is 1.33 bits per heavy atom. The molecule has 2 rings (SSSR count). The van der Waals surface area contributed by atoms with E-state index >= 15 is 0 Å². The molecule has 0 aromatic heterocycles. The molecule has 0 saturated carbocycles. The minimum Gasteiger partial charge on any atom is -0.508 e. The van der Waals surface area contributed by atoms with Gasteiger partial charge < -0.3 is 5.11 Å². The van der Waals surface area contributed by atoms with Gasteiger partial charge in [-0.05, 0) is 37.1 Å². The van der Waals surface area contributed by atoms with Gasteiger partial charge in [0.25, 0.3) is 0 Å². The van der Waals surface area contributed by atoms with Crippen LogP contribution in [0.25, 0.3) is 0 Å². The number of nitrogens with zero attached hydrogens (tertiary/aromatic N) is 1. The molecule has 1 heterocycles. The summed E-state index contributed by atoms with van der Waals surface area (Å²) in [5, 5.41) is 10.3. The molecule has 1 aliphatic rings. The van der Waals surface area contributed by atoms with Crippen molar-refractivity contribution < 1.29 is 5.11 Å². The van der Waals surface area contributed by atoms with Crippen LogP contribution in [0.15, 0.2) is 24.3 Å². The SMILES string of the molecule is Oc1ccc(CN2CCCC2CBr)cc1. The van der Waals surface area contributed by atoms with E-state index in [1.165, 1.54) is 24.9 Å². The standard InChI is InChI=1S/C12H16BrNO/c13-8-11-2-1-7-14(11)9-10-3-5-12(15)6-4-10/h3-6,11,15H,1-2,7-9H2. The quantitative estimate of drug-likeness (QED) is 0.854. The maximum atomic E-state index is 9.19. The zero-order valence-corrected chi connectivity index (χ0v) is 10.3. The van der Waals surface area contributed by atoms with Crippen molar-refractivity contribution >= 4 is 15.9 Å². The predicted octanol–water partition coefficient (Wildman–Crippen LogP) is 2.75. The van der Waals surface area contributed by atoms with Crippen LogP contribution >= 0.6 is 15.9 Å². The van der Waals surface area contributed by atoms with Crippen molar-refractivity contribution in [2.24, 2.45) is 0 Å². The van der Waals surface area contributed by atoms with Crippen LogP contribution in [0.3, 0.4) is 0 Å². The number of alkyl halides is 1. The molecular weight excluding hydrogens is 254 g/mol. The number of halogens is 1. The average molecular weight is 270 g/mol. The largest absolute Gasteiger partial charge is 0.508 e. The highest BCUT2D eigenvalue weighted by Gasteiger charge is 2.22. The molecule has 82 valence electrons. The highest BCUT2D eigenvalue weighted by molar-refractivity contribution is 9.09. The van der Waals surface area contributed by atoms with Gasteiger partial charge in [-0.3, -0.25) is 4.90 Å². The van der Waals surface area contributed by atoms with E-state index in [1.807, 2.05) is 12.1 Å². The number of aromatic hydroxyl groups is 1. The number of benzene rings is 1. The van der Waals surface area contributed by atoms with E-state index in [0.717, 1.165) is 11.9 Å². The monoisotopic (exact) mass is 269 g/mol. The van der Waals surface area contributed by atoms with E-state index in [9.17, 15) is 5.11 Å². The van der Waals surface area contributed by atoms with E-state index in [-0.39, 0.29) is 0 Å². The number of likely N-dealkylation sites (tertiary alicyclic amines) is 1.